The van der Waals surface area contributed by atoms with Gasteiger partial charge in [-0.05, 0) is 39.0 Å². The summed E-state index contributed by atoms with van der Waals surface area (Å²) < 4.78 is 0. The predicted molar refractivity (Wildman–Crippen MR) is 79.3 cm³/mol. The molecule has 0 aliphatic rings. The van der Waals surface area contributed by atoms with Crippen molar-refractivity contribution in [2.75, 3.05) is 43.4 Å². The first-order valence-corrected chi connectivity index (χ1v) is 6.96. The van der Waals surface area contributed by atoms with Gasteiger partial charge in [-0.25, -0.2) is 4.98 Å². The highest BCUT2D eigenvalue weighted by molar-refractivity contribution is 5.51. The molecule has 1 aromatic heterocycles. The lowest BCUT2D eigenvalue weighted by Crippen LogP contribution is -2.25. The first-order valence-electron chi connectivity index (χ1n) is 6.96. The molecule has 0 unspecified atom stereocenters. The van der Waals surface area contributed by atoms with Gasteiger partial charge in [-0.2, -0.15) is 0 Å². The number of nitrogens with zero attached hydrogens (tertiary/aromatic N) is 2. The molecule has 4 nitrogen and oxygen atoms in total. The van der Waals surface area contributed by atoms with E-state index in [0.29, 0.717) is 0 Å². The van der Waals surface area contributed by atoms with E-state index in [1.54, 1.807) is 0 Å². The zero-order valence-corrected chi connectivity index (χ0v) is 11.9. The summed E-state index contributed by atoms with van der Waals surface area (Å²) in [5.74, 6) is 0.936. The van der Waals surface area contributed by atoms with Gasteiger partial charge < -0.3 is 15.5 Å². The zero-order chi connectivity index (χ0) is 13.2. The number of hydrogen-bond donors (Lipinski definition) is 2. The quantitative estimate of drug-likeness (QED) is 0.661. The lowest BCUT2D eigenvalue weighted by molar-refractivity contribution is 0.303. The summed E-state index contributed by atoms with van der Waals surface area (Å²) in [6, 6.07) is 4.07. The summed E-state index contributed by atoms with van der Waals surface area (Å²) in [6.07, 6.45) is 3.01. The van der Waals surface area contributed by atoms with Crippen LogP contribution in [0.1, 0.15) is 27.2 Å². The maximum Gasteiger partial charge on any atom is 0.127 e. The average molecular weight is 250 g/mol. The smallest absolute Gasteiger partial charge is 0.127 e. The van der Waals surface area contributed by atoms with Gasteiger partial charge in [-0.1, -0.05) is 13.8 Å². The molecule has 1 aromatic rings. The number of anilines is 2. The first-order chi connectivity index (χ1) is 8.80. The maximum atomic E-state index is 4.25. The second-order valence-corrected chi connectivity index (χ2v) is 4.27. The fraction of sp³-hybridized carbons (Fsp3) is 0.643. The molecule has 0 atom stereocenters. The van der Waals surface area contributed by atoms with E-state index in [1.807, 2.05) is 12.3 Å². The molecule has 1 heterocycles. The lowest BCUT2D eigenvalue weighted by Gasteiger charge is -2.18. The zero-order valence-electron chi connectivity index (χ0n) is 11.9. The van der Waals surface area contributed by atoms with Crippen molar-refractivity contribution in [2.24, 2.45) is 0 Å². The molecule has 0 amide bonds. The SMILES string of the molecule is CCNc1cc(NCCCN(CC)CC)ccn1. The van der Waals surface area contributed by atoms with E-state index >= 15 is 0 Å². The molecule has 0 aliphatic carbocycles. The molecule has 0 radical (unpaired) electrons. The van der Waals surface area contributed by atoms with Crippen molar-refractivity contribution in [3.63, 3.8) is 0 Å². The molecule has 102 valence electrons. The summed E-state index contributed by atoms with van der Waals surface area (Å²) in [7, 11) is 0. The molecule has 0 saturated heterocycles. The number of rotatable bonds is 9. The molecule has 0 aliphatic heterocycles. The Morgan fingerprint density at radius 2 is 1.94 bits per heavy atom. The number of nitrogens with one attached hydrogen (secondary N) is 2. The van der Waals surface area contributed by atoms with Crippen LogP contribution in [0.2, 0.25) is 0 Å². The Morgan fingerprint density at radius 1 is 1.17 bits per heavy atom. The Bertz CT molecular complexity index is 323. The van der Waals surface area contributed by atoms with Gasteiger partial charge in [0.15, 0.2) is 0 Å². The molecule has 0 saturated carbocycles. The van der Waals surface area contributed by atoms with Gasteiger partial charge in [-0.3, -0.25) is 0 Å². The average Bonchev–Trinajstić information content (AvgIpc) is 2.40. The summed E-state index contributed by atoms with van der Waals surface area (Å²) in [5.41, 5.74) is 1.14. The van der Waals surface area contributed by atoms with Crippen LogP contribution in [0.4, 0.5) is 11.5 Å². The van der Waals surface area contributed by atoms with Gasteiger partial charge >= 0.3 is 0 Å². The fourth-order valence-corrected chi connectivity index (χ4v) is 1.89. The van der Waals surface area contributed by atoms with Crippen molar-refractivity contribution in [2.45, 2.75) is 27.2 Å². The van der Waals surface area contributed by atoms with Gasteiger partial charge in [0.05, 0.1) is 0 Å². The topological polar surface area (TPSA) is 40.2 Å². The van der Waals surface area contributed by atoms with Crippen LogP contribution in [0.3, 0.4) is 0 Å². The van der Waals surface area contributed by atoms with E-state index in [0.717, 1.165) is 44.2 Å². The molecular formula is C14H26N4. The number of hydrogen-bond acceptors (Lipinski definition) is 4. The second-order valence-electron chi connectivity index (χ2n) is 4.27. The molecule has 0 fully saturated rings. The van der Waals surface area contributed by atoms with Crippen LogP contribution in [-0.4, -0.2) is 42.6 Å². The molecule has 18 heavy (non-hydrogen) atoms. The minimum absolute atomic E-state index is 0.901. The summed E-state index contributed by atoms with van der Waals surface area (Å²) in [4.78, 5) is 6.70. The van der Waals surface area contributed by atoms with Crippen LogP contribution in [0.15, 0.2) is 18.3 Å². The minimum Gasteiger partial charge on any atom is -0.385 e. The maximum absolute atomic E-state index is 4.25. The van der Waals surface area contributed by atoms with Crippen molar-refractivity contribution in [1.82, 2.24) is 9.88 Å². The van der Waals surface area contributed by atoms with Crippen molar-refractivity contribution in [3.8, 4) is 0 Å². The van der Waals surface area contributed by atoms with Crippen LogP contribution < -0.4 is 10.6 Å². The predicted octanol–water partition coefficient (Wildman–Crippen LogP) is 2.66. The van der Waals surface area contributed by atoms with Gasteiger partial charge in [0.25, 0.3) is 0 Å². The Morgan fingerprint density at radius 3 is 2.61 bits per heavy atom. The second kappa shape index (κ2) is 8.75. The van der Waals surface area contributed by atoms with Crippen LogP contribution >= 0.6 is 0 Å². The normalized spacial score (nSPS) is 10.7. The van der Waals surface area contributed by atoms with E-state index in [9.17, 15) is 0 Å². The van der Waals surface area contributed by atoms with Gasteiger partial charge in [-0.15, -0.1) is 0 Å². The molecule has 4 heteroatoms. The minimum atomic E-state index is 0.901. The van der Waals surface area contributed by atoms with Crippen molar-refractivity contribution < 1.29 is 0 Å². The summed E-state index contributed by atoms with van der Waals surface area (Å²) in [6.45, 7) is 11.8. The third kappa shape index (κ3) is 5.36. The van der Waals surface area contributed by atoms with Crippen molar-refractivity contribution in [3.05, 3.63) is 18.3 Å². The molecule has 0 spiro atoms. The van der Waals surface area contributed by atoms with E-state index in [1.165, 1.54) is 6.42 Å². The van der Waals surface area contributed by atoms with Crippen LogP contribution in [0.25, 0.3) is 0 Å². The molecule has 2 N–H and O–H groups in total. The summed E-state index contributed by atoms with van der Waals surface area (Å²) >= 11 is 0. The molecule has 0 aromatic carbocycles. The number of pyridine rings is 1. The monoisotopic (exact) mass is 250 g/mol. The molecule has 0 bridgehead atoms. The Labute approximate surface area is 111 Å². The number of aromatic nitrogens is 1. The van der Waals surface area contributed by atoms with Crippen LogP contribution in [0.5, 0.6) is 0 Å². The van der Waals surface area contributed by atoms with Gasteiger partial charge in [0.1, 0.15) is 5.82 Å². The highest BCUT2D eigenvalue weighted by atomic mass is 15.1. The fourth-order valence-electron chi connectivity index (χ4n) is 1.89. The van der Waals surface area contributed by atoms with E-state index in [-0.39, 0.29) is 0 Å². The standard InChI is InChI=1S/C14H26N4/c1-4-15-14-12-13(8-10-17-14)16-9-7-11-18(5-2)6-3/h8,10,12H,4-7,9,11H2,1-3H3,(H2,15,16,17). The lowest BCUT2D eigenvalue weighted by atomic mass is 10.3. The third-order valence-corrected chi connectivity index (χ3v) is 2.99. The van der Waals surface area contributed by atoms with E-state index < -0.39 is 0 Å². The molecule has 1 rings (SSSR count). The van der Waals surface area contributed by atoms with E-state index in [4.69, 9.17) is 0 Å². The Balaban J connectivity index is 2.28. The Hall–Kier alpha value is -1.29. The Kier molecular flexibility index (Phi) is 7.18. The summed E-state index contributed by atoms with van der Waals surface area (Å²) in [5, 5.41) is 6.66. The molecular weight excluding hydrogens is 224 g/mol. The van der Waals surface area contributed by atoms with Crippen molar-refractivity contribution >= 4 is 11.5 Å². The highest BCUT2D eigenvalue weighted by Gasteiger charge is 1.99. The highest BCUT2D eigenvalue weighted by Crippen LogP contribution is 2.11. The van der Waals surface area contributed by atoms with Crippen LogP contribution in [0, 0.1) is 0 Å². The van der Waals surface area contributed by atoms with Gasteiger partial charge in [0.2, 0.25) is 0 Å². The van der Waals surface area contributed by atoms with Gasteiger partial charge in [0, 0.05) is 31.0 Å². The van der Waals surface area contributed by atoms with Crippen molar-refractivity contribution in [1.29, 1.82) is 0 Å². The third-order valence-electron chi connectivity index (χ3n) is 2.99. The van der Waals surface area contributed by atoms with E-state index in [2.05, 4.69) is 47.4 Å². The largest absolute Gasteiger partial charge is 0.385 e. The first kappa shape index (κ1) is 14.8. The van der Waals surface area contributed by atoms with Crippen LogP contribution in [-0.2, 0) is 0 Å².